The number of nitrogen functional groups attached to an aromatic ring is 1. The molecule has 19 heavy (non-hydrogen) atoms. The molecule has 1 heterocycles. The van der Waals surface area contributed by atoms with E-state index in [1.165, 1.54) is 11.3 Å². The summed E-state index contributed by atoms with van der Waals surface area (Å²) in [6.45, 7) is 6.26. The van der Waals surface area contributed by atoms with Crippen molar-refractivity contribution in [2.75, 3.05) is 5.73 Å². The fraction of sp³-hybridized carbons (Fsp3) is 0.400. The number of amides is 1. The number of carbonyl (C=O) groups is 1. The largest absolute Gasteiger partial charge is 0.399 e. The zero-order valence-electron chi connectivity index (χ0n) is 11.6. The Balaban J connectivity index is 2.27. The van der Waals surface area contributed by atoms with Gasteiger partial charge in [0.1, 0.15) is 0 Å². The van der Waals surface area contributed by atoms with Gasteiger partial charge in [-0.25, -0.2) is 0 Å². The Morgan fingerprint density at radius 3 is 2.63 bits per heavy atom. The van der Waals surface area contributed by atoms with Gasteiger partial charge in [0.25, 0.3) is 5.91 Å². The lowest BCUT2D eigenvalue weighted by Crippen LogP contribution is -2.44. The Morgan fingerprint density at radius 2 is 2.00 bits per heavy atom. The van der Waals surface area contributed by atoms with Gasteiger partial charge in [0.15, 0.2) is 0 Å². The molecule has 4 heteroatoms. The quantitative estimate of drug-likeness (QED) is 0.835. The van der Waals surface area contributed by atoms with Crippen LogP contribution < -0.4 is 11.1 Å². The number of hydrogen-bond acceptors (Lipinski definition) is 3. The molecule has 0 saturated heterocycles. The number of fused-ring (bicyclic) bond motifs is 1. The van der Waals surface area contributed by atoms with Crippen molar-refractivity contribution in [3.05, 3.63) is 29.1 Å². The molecule has 1 aromatic heterocycles. The molecule has 0 aliphatic rings. The number of carbonyl (C=O) groups excluding carboxylic acids is 1. The van der Waals surface area contributed by atoms with Crippen LogP contribution in [0.3, 0.4) is 0 Å². The number of nitrogens with one attached hydrogen (secondary N) is 1. The molecule has 0 aliphatic carbocycles. The van der Waals surface area contributed by atoms with E-state index < -0.39 is 0 Å². The van der Waals surface area contributed by atoms with Crippen LogP contribution in [0.5, 0.6) is 0 Å². The van der Waals surface area contributed by atoms with Crippen molar-refractivity contribution >= 4 is 33.0 Å². The number of nitrogens with two attached hydrogens (primary N) is 1. The first-order valence-electron chi connectivity index (χ1n) is 6.59. The van der Waals surface area contributed by atoms with E-state index in [0.29, 0.717) is 0 Å². The molecular formula is C15H20N2OS. The zero-order valence-corrected chi connectivity index (χ0v) is 12.4. The van der Waals surface area contributed by atoms with Gasteiger partial charge >= 0.3 is 0 Å². The van der Waals surface area contributed by atoms with E-state index in [2.05, 4.69) is 26.1 Å². The van der Waals surface area contributed by atoms with Crippen LogP contribution in [0.15, 0.2) is 24.3 Å². The van der Waals surface area contributed by atoms with Gasteiger partial charge in [-0.3, -0.25) is 4.79 Å². The van der Waals surface area contributed by atoms with Crippen LogP contribution in [-0.2, 0) is 0 Å². The normalized spacial score (nSPS) is 11.7. The van der Waals surface area contributed by atoms with E-state index in [0.717, 1.165) is 33.5 Å². The third kappa shape index (κ3) is 2.89. The van der Waals surface area contributed by atoms with Crippen molar-refractivity contribution < 1.29 is 4.79 Å². The van der Waals surface area contributed by atoms with Gasteiger partial charge < -0.3 is 11.1 Å². The molecule has 0 fully saturated rings. The lowest BCUT2D eigenvalue weighted by atomic mass is 9.95. The second-order valence-corrected chi connectivity index (χ2v) is 6.21. The molecule has 0 aliphatic heterocycles. The number of anilines is 1. The SMILES string of the molecule is CCC(C)(CC)NC(=O)c1cc2cc(N)ccc2s1. The summed E-state index contributed by atoms with van der Waals surface area (Å²) in [6.07, 6.45) is 1.85. The summed E-state index contributed by atoms with van der Waals surface area (Å²) >= 11 is 1.51. The molecular weight excluding hydrogens is 256 g/mol. The second kappa shape index (κ2) is 5.21. The Bertz CT molecular complexity index is 599. The number of rotatable bonds is 4. The first-order chi connectivity index (χ1) is 8.97. The Labute approximate surface area is 117 Å². The molecule has 3 nitrogen and oxygen atoms in total. The monoisotopic (exact) mass is 276 g/mol. The maximum atomic E-state index is 12.3. The van der Waals surface area contributed by atoms with E-state index in [9.17, 15) is 4.79 Å². The van der Waals surface area contributed by atoms with Gasteiger partial charge in [-0.15, -0.1) is 11.3 Å². The van der Waals surface area contributed by atoms with Crippen LogP contribution in [0.4, 0.5) is 5.69 Å². The molecule has 1 amide bonds. The molecule has 0 bridgehead atoms. The van der Waals surface area contributed by atoms with Crippen molar-refractivity contribution in [2.24, 2.45) is 0 Å². The standard InChI is InChI=1S/C15H20N2OS/c1-4-15(3,5-2)17-14(18)13-9-10-8-11(16)6-7-12(10)19-13/h6-9H,4-5,16H2,1-3H3,(H,17,18). The minimum Gasteiger partial charge on any atom is -0.399 e. The Hall–Kier alpha value is -1.55. The van der Waals surface area contributed by atoms with Crippen LogP contribution in [0.25, 0.3) is 10.1 Å². The van der Waals surface area contributed by atoms with E-state index in [1.807, 2.05) is 24.3 Å². The van der Waals surface area contributed by atoms with Crippen molar-refractivity contribution in [3.63, 3.8) is 0 Å². The summed E-state index contributed by atoms with van der Waals surface area (Å²) in [7, 11) is 0. The van der Waals surface area contributed by atoms with Gasteiger partial charge in [-0.2, -0.15) is 0 Å². The number of hydrogen-bond donors (Lipinski definition) is 2. The summed E-state index contributed by atoms with van der Waals surface area (Å²) in [4.78, 5) is 13.0. The molecule has 0 atom stereocenters. The van der Waals surface area contributed by atoms with Crippen LogP contribution in [-0.4, -0.2) is 11.4 Å². The van der Waals surface area contributed by atoms with E-state index in [4.69, 9.17) is 5.73 Å². The van der Waals surface area contributed by atoms with Crippen LogP contribution in [0.2, 0.25) is 0 Å². The van der Waals surface area contributed by atoms with Gasteiger partial charge in [0, 0.05) is 15.9 Å². The Kier molecular flexibility index (Phi) is 3.80. The lowest BCUT2D eigenvalue weighted by molar-refractivity contribution is 0.0905. The lowest BCUT2D eigenvalue weighted by Gasteiger charge is -2.27. The van der Waals surface area contributed by atoms with Gasteiger partial charge in [0.05, 0.1) is 4.88 Å². The average molecular weight is 276 g/mol. The van der Waals surface area contributed by atoms with Gasteiger partial charge in [-0.05, 0) is 49.4 Å². The summed E-state index contributed by atoms with van der Waals surface area (Å²) in [6, 6.07) is 7.65. The first kappa shape index (κ1) is 13.9. The maximum absolute atomic E-state index is 12.3. The number of benzene rings is 1. The highest BCUT2D eigenvalue weighted by atomic mass is 32.1. The second-order valence-electron chi connectivity index (χ2n) is 5.13. The molecule has 0 radical (unpaired) electrons. The van der Waals surface area contributed by atoms with Gasteiger partial charge in [0.2, 0.25) is 0 Å². The highest BCUT2D eigenvalue weighted by molar-refractivity contribution is 7.20. The smallest absolute Gasteiger partial charge is 0.261 e. The third-order valence-corrected chi connectivity index (χ3v) is 4.85. The fourth-order valence-electron chi connectivity index (χ4n) is 1.94. The Morgan fingerprint density at radius 1 is 1.32 bits per heavy atom. The average Bonchev–Trinajstić information content (AvgIpc) is 2.81. The fourth-order valence-corrected chi connectivity index (χ4v) is 2.87. The van der Waals surface area contributed by atoms with Crippen molar-refractivity contribution in [1.82, 2.24) is 5.32 Å². The van der Waals surface area contributed by atoms with E-state index in [-0.39, 0.29) is 11.4 Å². The molecule has 2 rings (SSSR count). The summed E-state index contributed by atoms with van der Waals surface area (Å²) in [5.41, 5.74) is 6.35. The molecule has 102 valence electrons. The summed E-state index contributed by atoms with van der Waals surface area (Å²) in [5, 5.41) is 4.16. The maximum Gasteiger partial charge on any atom is 0.261 e. The van der Waals surface area contributed by atoms with Crippen molar-refractivity contribution in [2.45, 2.75) is 39.2 Å². The minimum absolute atomic E-state index is 0.00553. The van der Waals surface area contributed by atoms with E-state index >= 15 is 0 Å². The highest BCUT2D eigenvalue weighted by Gasteiger charge is 2.23. The third-order valence-electron chi connectivity index (χ3n) is 3.74. The molecule has 1 aromatic carbocycles. The predicted octanol–water partition coefficient (Wildman–Crippen LogP) is 3.79. The first-order valence-corrected chi connectivity index (χ1v) is 7.40. The molecule has 0 spiro atoms. The van der Waals surface area contributed by atoms with Crippen molar-refractivity contribution in [1.29, 1.82) is 0 Å². The van der Waals surface area contributed by atoms with E-state index in [1.54, 1.807) is 0 Å². The molecule has 0 saturated carbocycles. The van der Waals surface area contributed by atoms with Gasteiger partial charge in [-0.1, -0.05) is 13.8 Å². The predicted molar refractivity (Wildman–Crippen MR) is 82.7 cm³/mol. The van der Waals surface area contributed by atoms with Crippen LogP contribution in [0.1, 0.15) is 43.3 Å². The topological polar surface area (TPSA) is 55.1 Å². The highest BCUT2D eigenvalue weighted by Crippen LogP contribution is 2.28. The summed E-state index contributed by atoms with van der Waals surface area (Å²) < 4.78 is 1.09. The van der Waals surface area contributed by atoms with Crippen LogP contribution >= 0.6 is 11.3 Å². The number of thiophene rings is 1. The molecule has 3 N–H and O–H groups in total. The van der Waals surface area contributed by atoms with Crippen LogP contribution in [0, 0.1) is 0 Å². The molecule has 2 aromatic rings. The zero-order chi connectivity index (χ0) is 14.0. The summed E-state index contributed by atoms with van der Waals surface area (Å²) in [5.74, 6) is 0.00553. The minimum atomic E-state index is -0.133. The van der Waals surface area contributed by atoms with Crippen molar-refractivity contribution in [3.8, 4) is 0 Å². The molecule has 0 unspecified atom stereocenters.